The zero-order valence-corrected chi connectivity index (χ0v) is 15.4. The van der Waals surface area contributed by atoms with E-state index in [2.05, 4.69) is 4.99 Å². The molecule has 0 saturated carbocycles. The molecule has 27 heavy (non-hydrogen) atoms. The minimum absolute atomic E-state index is 0.142. The van der Waals surface area contributed by atoms with Crippen molar-refractivity contribution in [2.24, 2.45) is 4.99 Å². The smallest absolute Gasteiger partial charge is 0.279 e. The van der Waals surface area contributed by atoms with Gasteiger partial charge in [0.05, 0.1) is 16.8 Å². The molecule has 0 atom stereocenters. The van der Waals surface area contributed by atoms with E-state index >= 15 is 0 Å². The van der Waals surface area contributed by atoms with E-state index in [9.17, 15) is 9.18 Å². The number of aromatic nitrogens is 1. The van der Waals surface area contributed by atoms with Crippen LogP contribution in [0.1, 0.15) is 17.3 Å². The van der Waals surface area contributed by atoms with Crippen LogP contribution in [-0.4, -0.2) is 30.5 Å². The molecule has 0 fully saturated rings. The molecule has 140 valence electrons. The molecule has 1 amide bonds. The van der Waals surface area contributed by atoms with Gasteiger partial charge >= 0.3 is 0 Å². The maximum Gasteiger partial charge on any atom is 0.279 e. The lowest BCUT2D eigenvalue weighted by molar-refractivity contribution is 0.0996. The van der Waals surface area contributed by atoms with Crippen LogP contribution in [0.5, 0.6) is 11.5 Å². The fourth-order valence-corrected chi connectivity index (χ4v) is 3.91. The van der Waals surface area contributed by atoms with Crippen molar-refractivity contribution in [1.82, 2.24) is 4.57 Å². The minimum atomic E-state index is -0.398. The number of nitrogens with zero attached hydrogens (tertiary/aromatic N) is 2. The number of ether oxygens (including phenoxy) is 3. The van der Waals surface area contributed by atoms with Gasteiger partial charge in [-0.05, 0) is 43.3 Å². The Morgan fingerprint density at radius 2 is 2.11 bits per heavy atom. The molecular formula is C19H17FN2O4S. The number of carbonyl (C=O) groups is 1. The lowest BCUT2D eigenvalue weighted by Gasteiger charge is -2.05. The Kier molecular flexibility index (Phi) is 4.91. The first kappa shape index (κ1) is 17.7. The van der Waals surface area contributed by atoms with Crippen LogP contribution in [0.25, 0.3) is 10.2 Å². The summed E-state index contributed by atoms with van der Waals surface area (Å²) in [7, 11) is 0. The fourth-order valence-electron chi connectivity index (χ4n) is 2.83. The van der Waals surface area contributed by atoms with Gasteiger partial charge in [0, 0.05) is 18.7 Å². The number of hydrogen-bond acceptors (Lipinski definition) is 5. The summed E-state index contributed by atoms with van der Waals surface area (Å²) in [5.74, 6) is 0.411. The van der Waals surface area contributed by atoms with Gasteiger partial charge in [-0.3, -0.25) is 4.79 Å². The van der Waals surface area contributed by atoms with Gasteiger partial charge in [-0.25, -0.2) is 4.39 Å². The van der Waals surface area contributed by atoms with E-state index in [0.29, 0.717) is 41.6 Å². The molecule has 2 heterocycles. The summed E-state index contributed by atoms with van der Waals surface area (Å²) in [6.45, 7) is 3.65. The Morgan fingerprint density at radius 3 is 2.96 bits per heavy atom. The summed E-state index contributed by atoms with van der Waals surface area (Å²) in [4.78, 5) is 17.4. The molecule has 1 aliphatic rings. The van der Waals surface area contributed by atoms with Crippen molar-refractivity contribution in [2.45, 2.75) is 13.5 Å². The molecule has 3 aromatic rings. The summed E-state index contributed by atoms with van der Waals surface area (Å²) >= 11 is 1.27. The third-order valence-corrected chi connectivity index (χ3v) is 5.17. The topological polar surface area (TPSA) is 62.1 Å². The van der Waals surface area contributed by atoms with Gasteiger partial charge in [0.2, 0.25) is 6.79 Å². The Morgan fingerprint density at radius 1 is 1.26 bits per heavy atom. The van der Waals surface area contributed by atoms with Gasteiger partial charge in [-0.1, -0.05) is 11.3 Å². The van der Waals surface area contributed by atoms with Crippen molar-refractivity contribution < 1.29 is 23.4 Å². The predicted molar refractivity (Wildman–Crippen MR) is 98.7 cm³/mol. The molecule has 0 aliphatic carbocycles. The van der Waals surface area contributed by atoms with Crippen molar-refractivity contribution >= 4 is 27.5 Å². The molecule has 1 aromatic heterocycles. The first-order valence-electron chi connectivity index (χ1n) is 8.51. The largest absolute Gasteiger partial charge is 0.454 e. The van der Waals surface area contributed by atoms with E-state index in [0.717, 1.165) is 10.2 Å². The van der Waals surface area contributed by atoms with Crippen LogP contribution >= 0.6 is 11.3 Å². The third-order valence-electron chi connectivity index (χ3n) is 4.12. The van der Waals surface area contributed by atoms with E-state index in [1.807, 2.05) is 11.5 Å². The molecule has 0 N–H and O–H groups in total. The number of fused-ring (bicyclic) bond motifs is 2. The van der Waals surface area contributed by atoms with E-state index in [4.69, 9.17) is 14.2 Å². The lowest BCUT2D eigenvalue weighted by Crippen LogP contribution is -2.19. The van der Waals surface area contributed by atoms with Crippen molar-refractivity contribution in [3.63, 3.8) is 0 Å². The first-order valence-corrected chi connectivity index (χ1v) is 9.32. The van der Waals surface area contributed by atoms with Crippen molar-refractivity contribution in [3.8, 4) is 11.5 Å². The van der Waals surface area contributed by atoms with Crippen LogP contribution in [0.2, 0.25) is 0 Å². The third kappa shape index (κ3) is 3.58. The van der Waals surface area contributed by atoms with Crippen molar-refractivity contribution in [3.05, 3.63) is 52.6 Å². The second-order valence-electron chi connectivity index (χ2n) is 5.83. The van der Waals surface area contributed by atoms with Crippen LogP contribution in [0.4, 0.5) is 4.39 Å². The SMILES string of the molecule is CCOCCn1c(=NC(=O)c2ccc3c(c2)OCO3)sc2cc(F)ccc21. The van der Waals surface area contributed by atoms with Gasteiger partial charge in [0.1, 0.15) is 5.82 Å². The molecule has 8 heteroatoms. The summed E-state index contributed by atoms with van der Waals surface area (Å²) in [5.41, 5.74) is 1.22. The van der Waals surface area contributed by atoms with E-state index < -0.39 is 5.91 Å². The molecule has 0 radical (unpaired) electrons. The Bertz CT molecular complexity index is 1070. The molecule has 0 spiro atoms. The normalized spacial score (nSPS) is 13.5. The van der Waals surface area contributed by atoms with Gasteiger partial charge in [0.15, 0.2) is 16.3 Å². The molecule has 0 saturated heterocycles. The average molecular weight is 388 g/mol. The second kappa shape index (κ2) is 7.50. The van der Waals surface area contributed by atoms with Crippen LogP contribution in [-0.2, 0) is 11.3 Å². The van der Waals surface area contributed by atoms with Gasteiger partial charge in [-0.2, -0.15) is 4.99 Å². The molecule has 0 bridgehead atoms. The average Bonchev–Trinajstić information content (AvgIpc) is 3.25. The highest BCUT2D eigenvalue weighted by Crippen LogP contribution is 2.32. The Balaban J connectivity index is 1.74. The summed E-state index contributed by atoms with van der Waals surface area (Å²) in [6.07, 6.45) is 0. The molecule has 6 nitrogen and oxygen atoms in total. The highest BCUT2D eigenvalue weighted by molar-refractivity contribution is 7.16. The van der Waals surface area contributed by atoms with Crippen LogP contribution < -0.4 is 14.3 Å². The first-order chi connectivity index (χ1) is 13.2. The molecule has 0 unspecified atom stereocenters. The van der Waals surface area contributed by atoms with E-state index in [1.165, 1.54) is 23.5 Å². The Hall–Kier alpha value is -2.71. The molecular weight excluding hydrogens is 371 g/mol. The van der Waals surface area contributed by atoms with Crippen LogP contribution in [0.3, 0.4) is 0 Å². The summed E-state index contributed by atoms with van der Waals surface area (Å²) in [5, 5.41) is 0. The standard InChI is InChI=1S/C19H17FN2O4S/c1-2-24-8-7-22-14-5-4-13(20)10-17(14)27-19(22)21-18(23)12-3-6-15-16(9-12)26-11-25-15/h3-6,9-10H,2,7-8,11H2,1H3. The zero-order valence-electron chi connectivity index (χ0n) is 14.6. The quantitative estimate of drug-likeness (QED) is 0.629. The van der Waals surface area contributed by atoms with Gasteiger partial charge < -0.3 is 18.8 Å². The van der Waals surface area contributed by atoms with Crippen LogP contribution in [0, 0.1) is 5.82 Å². The van der Waals surface area contributed by atoms with Gasteiger partial charge in [-0.15, -0.1) is 0 Å². The Labute approximate surface area is 158 Å². The van der Waals surface area contributed by atoms with Crippen LogP contribution in [0.15, 0.2) is 41.4 Å². The number of hydrogen-bond donors (Lipinski definition) is 0. The van der Waals surface area contributed by atoms with Crippen molar-refractivity contribution in [1.29, 1.82) is 0 Å². The monoisotopic (exact) mass is 388 g/mol. The maximum absolute atomic E-state index is 13.6. The highest BCUT2D eigenvalue weighted by Gasteiger charge is 2.16. The highest BCUT2D eigenvalue weighted by atomic mass is 32.1. The number of benzene rings is 2. The minimum Gasteiger partial charge on any atom is -0.454 e. The number of carbonyl (C=O) groups excluding carboxylic acids is 1. The maximum atomic E-state index is 13.6. The van der Waals surface area contributed by atoms with E-state index in [-0.39, 0.29) is 12.6 Å². The lowest BCUT2D eigenvalue weighted by atomic mass is 10.2. The predicted octanol–water partition coefficient (Wildman–Crippen LogP) is 3.35. The second-order valence-corrected chi connectivity index (χ2v) is 6.84. The summed E-state index contributed by atoms with van der Waals surface area (Å²) in [6, 6.07) is 9.49. The molecule has 4 rings (SSSR count). The fraction of sp³-hybridized carbons (Fsp3) is 0.263. The number of amides is 1. The summed E-state index contributed by atoms with van der Waals surface area (Å²) < 4.78 is 32.2. The van der Waals surface area contributed by atoms with Gasteiger partial charge in [0.25, 0.3) is 5.91 Å². The van der Waals surface area contributed by atoms with Crippen molar-refractivity contribution in [2.75, 3.05) is 20.0 Å². The number of rotatable bonds is 5. The van der Waals surface area contributed by atoms with E-state index in [1.54, 1.807) is 24.3 Å². The molecule has 1 aliphatic heterocycles. The number of halogens is 1. The zero-order chi connectivity index (χ0) is 18.8. The molecule has 2 aromatic carbocycles. The number of thiazole rings is 1.